The second-order valence-corrected chi connectivity index (χ2v) is 8.39. The molecule has 0 aliphatic rings. The van der Waals surface area contributed by atoms with Crippen LogP contribution in [0.5, 0.6) is 5.75 Å². The van der Waals surface area contributed by atoms with E-state index in [1.807, 2.05) is 42.5 Å². The third-order valence-electron chi connectivity index (χ3n) is 6.01. The molecule has 0 fully saturated rings. The number of hydrazone groups is 1. The van der Waals surface area contributed by atoms with Crippen LogP contribution in [0.15, 0.2) is 58.3 Å². The lowest BCUT2D eigenvalue weighted by molar-refractivity contribution is -0.910. The van der Waals surface area contributed by atoms with E-state index in [0.717, 1.165) is 30.0 Å². The summed E-state index contributed by atoms with van der Waals surface area (Å²) in [5, 5.41) is 19.6. The number of aromatic nitrogens is 5. The number of ether oxygens (including phenoxy) is 1. The van der Waals surface area contributed by atoms with Gasteiger partial charge in [-0.15, -0.1) is 5.10 Å². The molecule has 0 bridgehead atoms. The van der Waals surface area contributed by atoms with Crippen LogP contribution in [0.25, 0.3) is 5.82 Å². The molecule has 4 aromatic rings. The number of quaternary nitrogens is 1. The summed E-state index contributed by atoms with van der Waals surface area (Å²) in [6, 6.07) is 15.5. The highest BCUT2D eigenvalue weighted by molar-refractivity contribution is 5.94. The zero-order chi connectivity index (χ0) is 26.2. The largest absolute Gasteiger partial charge is 0.489 e. The lowest BCUT2D eigenvalue weighted by Gasteiger charge is -2.15. The SMILES string of the molecule is CC[NH+](CC)Cc1c(C(=O)NN=Cc2ccc(OCc3ccccc3C)cc2)nnn1-c1nonc1N. The van der Waals surface area contributed by atoms with Crippen LogP contribution in [-0.2, 0) is 13.2 Å². The lowest BCUT2D eigenvalue weighted by Crippen LogP contribution is -3.10. The molecule has 0 saturated heterocycles. The number of aryl methyl sites for hydroxylation is 1. The van der Waals surface area contributed by atoms with Crippen molar-refractivity contribution in [1.82, 2.24) is 30.7 Å². The Labute approximate surface area is 214 Å². The van der Waals surface area contributed by atoms with E-state index >= 15 is 0 Å². The summed E-state index contributed by atoms with van der Waals surface area (Å²) >= 11 is 0. The Morgan fingerprint density at radius 2 is 1.92 bits per heavy atom. The number of hydrogen-bond acceptors (Lipinski definition) is 9. The molecule has 0 aliphatic heterocycles. The second-order valence-electron chi connectivity index (χ2n) is 8.39. The first kappa shape index (κ1) is 25.5. The number of hydrogen-bond donors (Lipinski definition) is 3. The van der Waals surface area contributed by atoms with Gasteiger partial charge in [-0.1, -0.05) is 29.5 Å². The van der Waals surface area contributed by atoms with Crippen LogP contribution in [0.2, 0.25) is 0 Å². The van der Waals surface area contributed by atoms with Crippen LogP contribution in [0.3, 0.4) is 0 Å². The van der Waals surface area contributed by atoms with Gasteiger partial charge in [-0.2, -0.15) is 9.78 Å². The van der Waals surface area contributed by atoms with Crippen LogP contribution in [-0.4, -0.2) is 50.5 Å². The van der Waals surface area contributed by atoms with Crippen molar-refractivity contribution in [2.24, 2.45) is 5.10 Å². The van der Waals surface area contributed by atoms with Crippen molar-refractivity contribution in [1.29, 1.82) is 0 Å². The van der Waals surface area contributed by atoms with Gasteiger partial charge in [-0.3, -0.25) is 4.79 Å². The van der Waals surface area contributed by atoms with Crippen LogP contribution in [0.1, 0.15) is 46.7 Å². The van der Waals surface area contributed by atoms with E-state index in [9.17, 15) is 4.79 Å². The quantitative estimate of drug-likeness (QED) is 0.204. The highest BCUT2D eigenvalue weighted by Crippen LogP contribution is 2.16. The number of rotatable bonds is 11. The van der Waals surface area contributed by atoms with Crippen LogP contribution < -0.4 is 20.8 Å². The topological polar surface area (TPSA) is 151 Å². The number of nitrogens with two attached hydrogens (primary N) is 1. The zero-order valence-corrected chi connectivity index (χ0v) is 21.0. The highest BCUT2D eigenvalue weighted by Gasteiger charge is 2.26. The fourth-order valence-corrected chi connectivity index (χ4v) is 3.68. The molecule has 0 aliphatic carbocycles. The molecule has 0 spiro atoms. The minimum atomic E-state index is -0.503. The van der Waals surface area contributed by atoms with Crippen molar-refractivity contribution < 1.29 is 19.1 Å². The summed E-state index contributed by atoms with van der Waals surface area (Å²) in [4.78, 5) is 14.1. The van der Waals surface area contributed by atoms with Crippen LogP contribution >= 0.6 is 0 Å². The summed E-state index contributed by atoms with van der Waals surface area (Å²) in [7, 11) is 0. The van der Waals surface area contributed by atoms with Gasteiger partial charge in [-0.25, -0.2) is 10.1 Å². The monoisotopic (exact) mass is 504 g/mol. The molecule has 0 atom stereocenters. The van der Waals surface area contributed by atoms with Gasteiger partial charge in [0.15, 0.2) is 5.69 Å². The maximum atomic E-state index is 12.9. The lowest BCUT2D eigenvalue weighted by atomic mass is 10.1. The number of anilines is 1. The number of nitrogens with one attached hydrogen (secondary N) is 2. The van der Waals surface area contributed by atoms with Crippen molar-refractivity contribution in [2.45, 2.75) is 33.9 Å². The van der Waals surface area contributed by atoms with Gasteiger partial charge < -0.3 is 15.4 Å². The van der Waals surface area contributed by atoms with E-state index in [4.69, 9.17) is 15.1 Å². The number of carbonyl (C=O) groups excluding carboxylic acids is 1. The third-order valence-corrected chi connectivity index (χ3v) is 6.01. The summed E-state index contributed by atoms with van der Waals surface area (Å²) in [6.07, 6.45) is 1.54. The second kappa shape index (κ2) is 11.9. The molecule has 1 amide bonds. The molecule has 192 valence electrons. The van der Waals surface area contributed by atoms with E-state index in [-0.39, 0.29) is 17.3 Å². The molecule has 37 heavy (non-hydrogen) atoms. The van der Waals surface area contributed by atoms with Crippen molar-refractivity contribution in [3.05, 3.63) is 76.6 Å². The van der Waals surface area contributed by atoms with Crippen molar-refractivity contribution in [3.8, 4) is 11.6 Å². The zero-order valence-electron chi connectivity index (χ0n) is 21.0. The van der Waals surface area contributed by atoms with Crippen LogP contribution in [0.4, 0.5) is 5.82 Å². The average molecular weight is 505 g/mol. The molecule has 4 rings (SSSR count). The van der Waals surface area contributed by atoms with Gasteiger partial charge in [0.2, 0.25) is 11.6 Å². The van der Waals surface area contributed by atoms with Gasteiger partial charge in [0, 0.05) is 0 Å². The van der Waals surface area contributed by atoms with E-state index in [1.165, 1.54) is 15.1 Å². The summed E-state index contributed by atoms with van der Waals surface area (Å²) in [5.41, 5.74) is 12.1. The number of carbonyl (C=O) groups is 1. The first-order valence-corrected chi connectivity index (χ1v) is 12.0. The van der Waals surface area contributed by atoms with Gasteiger partial charge in [0.1, 0.15) is 24.6 Å². The Bertz CT molecular complexity index is 1360. The Kier molecular flexibility index (Phi) is 8.21. The number of nitrogens with zero attached hydrogens (tertiary/aromatic N) is 6. The van der Waals surface area contributed by atoms with Crippen molar-refractivity contribution >= 4 is 17.9 Å². The molecular formula is C25H30N9O3+. The molecular weight excluding hydrogens is 474 g/mol. The average Bonchev–Trinajstić information content (AvgIpc) is 3.52. The Hall–Kier alpha value is -4.58. The molecule has 0 radical (unpaired) electrons. The Balaban J connectivity index is 1.42. The first-order valence-electron chi connectivity index (χ1n) is 12.0. The Morgan fingerprint density at radius 1 is 1.16 bits per heavy atom. The molecule has 0 saturated carbocycles. The minimum absolute atomic E-state index is 0.0528. The maximum absolute atomic E-state index is 12.9. The third kappa shape index (κ3) is 6.16. The van der Waals surface area contributed by atoms with E-state index in [0.29, 0.717) is 18.8 Å². The standard InChI is InChI=1S/C25H29N9O3/c1-4-33(5-2)15-21-22(28-32-34(21)24-23(26)30-37-31-24)25(35)29-27-14-18-10-12-20(13-11-18)36-16-19-9-7-6-8-17(19)3/h6-14H,4-5,15-16H2,1-3H3,(H2,26,30)(H,29,35)/p+1. The summed E-state index contributed by atoms with van der Waals surface area (Å²) in [6.45, 7) is 8.83. The fourth-order valence-electron chi connectivity index (χ4n) is 3.68. The molecule has 12 nitrogen and oxygen atoms in total. The van der Waals surface area contributed by atoms with E-state index < -0.39 is 5.91 Å². The van der Waals surface area contributed by atoms with E-state index in [1.54, 1.807) is 6.21 Å². The summed E-state index contributed by atoms with van der Waals surface area (Å²) in [5.74, 6) is 0.474. The van der Waals surface area contributed by atoms with Crippen LogP contribution in [0, 0.1) is 6.92 Å². The Morgan fingerprint density at radius 3 is 2.59 bits per heavy atom. The molecule has 2 heterocycles. The normalized spacial score (nSPS) is 11.4. The summed E-state index contributed by atoms with van der Waals surface area (Å²) < 4.78 is 11.9. The van der Waals surface area contributed by atoms with Gasteiger partial charge in [0.05, 0.1) is 19.3 Å². The van der Waals surface area contributed by atoms with Gasteiger partial charge in [0.25, 0.3) is 5.91 Å². The first-order chi connectivity index (χ1) is 18.0. The van der Waals surface area contributed by atoms with Gasteiger partial charge >= 0.3 is 0 Å². The molecule has 4 N–H and O–H groups in total. The number of benzene rings is 2. The predicted molar refractivity (Wildman–Crippen MR) is 136 cm³/mol. The molecule has 12 heteroatoms. The number of nitrogen functional groups attached to an aromatic ring is 1. The fraction of sp³-hybridized carbons (Fsp3) is 0.280. The molecule has 2 aromatic carbocycles. The van der Waals surface area contributed by atoms with E-state index in [2.05, 4.69) is 58.0 Å². The minimum Gasteiger partial charge on any atom is -0.489 e. The van der Waals surface area contributed by atoms with Crippen molar-refractivity contribution in [2.75, 3.05) is 18.8 Å². The molecule has 2 aromatic heterocycles. The number of amides is 1. The maximum Gasteiger partial charge on any atom is 0.294 e. The highest BCUT2D eigenvalue weighted by atomic mass is 16.6. The smallest absolute Gasteiger partial charge is 0.294 e. The van der Waals surface area contributed by atoms with Crippen molar-refractivity contribution in [3.63, 3.8) is 0 Å². The molecule has 0 unspecified atom stereocenters. The predicted octanol–water partition coefficient (Wildman–Crippen LogP) is 1.31. The van der Waals surface area contributed by atoms with Gasteiger partial charge in [-0.05, 0) is 72.0 Å².